The van der Waals surface area contributed by atoms with E-state index in [0.717, 1.165) is 37.7 Å². The molecule has 1 heterocycles. The zero-order valence-electron chi connectivity index (χ0n) is 16.3. The van der Waals surface area contributed by atoms with E-state index in [-0.39, 0.29) is 24.4 Å². The van der Waals surface area contributed by atoms with Gasteiger partial charge in [-0.15, -0.1) is 0 Å². The Morgan fingerprint density at radius 1 is 1.00 bits per heavy atom. The van der Waals surface area contributed by atoms with Gasteiger partial charge >= 0.3 is 0 Å². The molecule has 150 valence electrons. The van der Waals surface area contributed by atoms with Gasteiger partial charge in [0.05, 0.1) is 4.90 Å². The van der Waals surface area contributed by atoms with Gasteiger partial charge in [-0.1, -0.05) is 49.8 Å². The Balaban J connectivity index is 1.67. The van der Waals surface area contributed by atoms with Crippen molar-refractivity contribution in [2.24, 2.45) is 0 Å². The lowest BCUT2D eigenvalue weighted by Gasteiger charge is -2.34. The van der Waals surface area contributed by atoms with Gasteiger partial charge < -0.3 is 5.32 Å². The number of hydrogen-bond donors (Lipinski definition) is 1. The molecule has 1 saturated heterocycles. The van der Waals surface area contributed by atoms with Crippen LogP contribution in [0.3, 0.4) is 0 Å². The first kappa shape index (κ1) is 20.3. The molecule has 1 atom stereocenters. The quantitative estimate of drug-likeness (QED) is 0.776. The second-order valence-electron chi connectivity index (χ2n) is 8.04. The van der Waals surface area contributed by atoms with Crippen LogP contribution in [-0.4, -0.2) is 37.3 Å². The lowest BCUT2D eigenvalue weighted by molar-refractivity contribution is -0.122. The summed E-state index contributed by atoms with van der Waals surface area (Å²) >= 11 is 0. The van der Waals surface area contributed by atoms with E-state index in [1.807, 2.05) is 19.1 Å². The van der Waals surface area contributed by atoms with Crippen LogP contribution in [0.4, 0.5) is 0 Å². The Morgan fingerprint density at radius 3 is 2.30 bits per heavy atom. The number of nitrogens with zero attached hydrogens (tertiary/aromatic N) is 1. The Morgan fingerprint density at radius 2 is 1.63 bits per heavy atom. The fourth-order valence-electron chi connectivity index (χ4n) is 4.26. The Kier molecular flexibility index (Phi) is 6.93. The van der Waals surface area contributed by atoms with Gasteiger partial charge in [-0.25, -0.2) is 8.42 Å². The smallest absolute Gasteiger partial charge is 0.243 e. The number of nitrogens with one attached hydrogen (secondary N) is 1. The maximum absolute atomic E-state index is 13.1. The highest BCUT2D eigenvalue weighted by Gasteiger charge is 2.34. The molecule has 1 aliphatic heterocycles. The second kappa shape index (κ2) is 9.20. The molecule has 1 N–H and O–H groups in total. The molecule has 1 aromatic carbocycles. The third kappa shape index (κ3) is 5.32. The molecule has 0 aromatic heterocycles. The normalized spacial score (nSPS) is 22.9. The van der Waals surface area contributed by atoms with Crippen molar-refractivity contribution in [2.45, 2.75) is 88.1 Å². The van der Waals surface area contributed by atoms with Crippen LogP contribution in [0.2, 0.25) is 0 Å². The molecule has 6 heteroatoms. The fraction of sp³-hybridized carbons (Fsp3) is 0.667. The topological polar surface area (TPSA) is 66.5 Å². The average Bonchev–Trinajstić information content (AvgIpc) is 2.91. The van der Waals surface area contributed by atoms with E-state index in [4.69, 9.17) is 0 Å². The Bertz CT molecular complexity index is 722. The lowest BCUT2D eigenvalue weighted by atomic mass is 10.0. The van der Waals surface area contributed by atoms with E-state index in [1.165, 1.54) is 25.7 Å². The first-order chi connectivity index (χ1) is 13.0. The summed E-state index contributed by atoms with van der Waals surface area (Å²) in [4.78, 5) is 12.9. The summed E-state index contributed by atoms with van der Waals surface area (Å²) in [5.41, 5.74) is 1.03. The molecule has 3 rings (SSSR count). The Labute approximate surface area is 163 Å². The first-order valence-corrected chi connectivity index (χ1v) is 11.8. The van der Waals surface area contributed by atoms with E-state index in [9.17, 15) is 13.2 Å². The molecule has 0 bridgehead atoms. The molecule has 2 aliphatic rings. The third-order valence-corrected chi connectivity index (χ3v) is 7.81. The predicted octanol–water partition coefficient (Wildman–Crippen LogP) is 3.77. The van der Waals surface area contributed by atoms with Crippen molar-refractivity contribution < 1.29 is 13.2 Å². The number of hydrogen-bond acceptors (Lipinski definition) is 3. The standard InChI is InChI=1S/C21H32N2O3S/c1-17-11-13-20(14-12-17)27(25,26)23-15-7-6-10-19(23)16-21(24)22-18-8-4-2-3-5-9-18/h11-14,18-19H,2-10,15-16H2,1H3,(H,22,24). The van der Waals surface area contributed by atoms with Crippen molar-refractivity contribution in [2.75, 3.05) is 6.54 Å². The van der Waals surface area contributed by atoms with Gasteiger partial charge in [0.25, 0.3) is 0 Å². The molecular weight excluding hydrogens is 360 g/mol. The van der Waals surface area contributed by atoms with E-state index < -0.39 is 10.0 Å². The van der Waals surface area contributed by atoms with E-state index >= 15 is 0 Å². The highest BCUT2D eigenvalue weighted by molar-refractivity contribution is 7.89. The summed E-state index contributed by atoms with van der Waals surface area (Å²) in [6.07, 6.45) is 9.77. The molecule has 1 saturated carbocycles. The molecule has 1 aliphatic carbocycles. The molecule has 1 amide bonds. The number of benzene rings is 1. The summed E-state index contributed by atoms with van der Waals surface area (Å²) in [6, 6.07) is 7.00. The number of amides is 1. The van der Waals surface area contributed by atoms with Gasteiger partial charge in [-0.2, -0.15) is 4.31 Å². The van der Waals surface area contributed by atoms with E-state index in [0.29, 0.717) is 11.4 Å². The summed E-state index contributed by atoms with van der Waals surface area (Å²) in [7, 11) is -3.56. The number of carbonyl (C=O) groups is 1. The first-order valence-electron chi connectivity index (χ1n) is 10.3. The van der Waals surface area contributed by atoms with Crippen LogP contribution in [0, 0.1) is 6.92 Å². The zero-order chi connectivity index (χ0) is 19.3. The maximum atomic E-state index is 13.1. The van der Waals surface area contributed by atoms with Gasteiger partial charge in [0.15, 0.2) is 0 Å². The number of carbonyl (C=O) groups excluding carboxylic acids is 1. The fourth-order valence-corrected chi connectivity index (χ4v) is 5.96. The van der Waals surface area contributed by atoms with Crippen LogP contribution >= 0.6 is 0 Å². The maximum Gasteiger partial charge on any atom is 0.243 e. The largest absolute Gasteiger partial charge is 0.353 e. The third-order valence-electron chi connectivity index (χ3n) is 5.84. The minimum Gasteiger partial charge on any atom is -0.353 e. The van der Waals surface area contributed by atoms with Crippen molar-refractivity contribution >= 4 is 15.9 Å². The van der Waals surface area contributed by atoms with E-state index in [1.54, 1.807) is 16.4 Å². The minimum absolute atomic E-state index is 0.00194. The van der Waals surface area contributed by atoms with Crippen molar-refractivity contribution in [3.05, 3.63) is 29.8 Å². The molecular formula is C21H32N2O3S. The van der Waals surface area contributed by atoms with Crippen molar-refractivity contribution in [3.63, 3.8) is 0 Å². The number of rotatable bonds is 5. The number of piperidine rings is 1. The molecule has 0 spiro atoms. The highest BCUT2D eigenvalue weighted by atomic mass is 32.2. The number of sulfonamides is 1. The van der Waals surface area contributed by atoms with E-state index in [2.05, 4.69) is 5.32 Å². The van der Waals surface area contributed by atoms with Crippen LogP contribution < -0.4 is 5.32 Å². The van der Waals surface area contributed by atoms with Crippen molar-refractivity contribution in [3.8, 4) is 0 Å². The van der Waals surface area contributed by atoms with Gasteiger partial charge in [-0.05, 0) is 44.7 Å². The van der Waals surface area contributed by atoms with Gasteiger partial charge in [0, 0.05) is 25.0 Å². The number of aryl methyl sites for hydroxylation is 1. The monoisotopic (exact) mass is 392 g/mol. The van der Waals surface area contributed by atoms with Crippen molar-refractivity contribution in [1.29, 1.82) is 0 Å². The minimum atomic E-state index is -3.56. The predicted molar refractivity (Wildman–Crippen MR) is 107 cm³/mol. The molecule has 0 radical (unpaired) electrons. The SMILES string of the molecule is Cc1ccc(S(=O)(=O)N2CCCCC2CC(=O)NC2CCCCCC2)cc1. The molecule has 5 nitrogen and oxygen atoms in total. The van der Waals surface area contributed by atoms with Crippen LogP contribution in [0.15, 0.2) is 29.2 Å². The summed E-state index contributed by atoms with van der Waals surface area (Å²) in [5, 5.41) is 3.16. The Hall–Kier alpha value is -1.40. The molecule has 1 unspecified atom stereocenters. The molecule has 27 heavy (non-hydrogen) atoms. The molecule has 2 fully saturated rings. The molecule has 1 aromatic rings. The van der Waals surface area contributed by atoms with Gasteiger partial charge in [0.2, 0.25) is 15.9 Å². The second-order valence-corrected chi connectivity index (χ2v) is 9.93. The lowest BCUT2D eigenvalue weighted by Crippen LogP contribution is -2.47. The van der Waals surface area contributed by atoms with Crippen LogP contribution in [0.5, 0.6) is 0 Å². The summed E-state index contributed by atoms with van der Waals surface area (Å²) < 4.78 is 27.8. The van der Waals surface area contributed by atoms with Crippen molar-refractivity contribution in [1.82, 2.24) is 9.62 Å². The van der Waals surface area contributed by atoms with Gasteiger partial charge in [-0.3, -0.25) is 4.79 Å². The average molecular weight is 393 g/mol. The van der Waals surface area contributed by atoms with Crippen LogP contribution in [0.1, 0.15) is 69.8 Å². The summed E-state index contributed by atoms with van der Waals surface area (Å²) in [5.74, 6) is -0.00194. The van der Waals surface area contributed by atoms with Crippen LogP contribution in [-0.2, 0) is 14.8 Å². The van der Waals surface area contributed by atoms with Gasteiger partial charge in [0.1, 0.15) is 0 Å². The highest BCUT2D eigenvalue weighted by Crippen LogP contribution is 2.27. The summed E-state index contributed by atoms with van der Waals surface area (Å²) in [6.45, 7) is 2.44. The van der Waals surface area contributed by atoms with Crippen LogP contribution in [0.25, 0.3) is 0 Å². The zero-order valence-corrected chi connectivity index (χ0v) is 17.1.